The summed E-state index contributed by atoms with van der Waals surface area (Å²) in [4.78, 5) is 21.0. The highest BCUT2D eigenvalue weighted by Gasteiger charge is 2.37. The lowest BCUT2D eigenvalue weighted by Gasteiger charge is -2.45. The molecule has 0 saturated carbocycles. The van der Waals surface area contributed by atoms with E-state index in [1.807, 2.05) is 26.8 Å². The van der Waals surface area contributed by atoms with Crippen molar-refractivity contribution >= 4 is 56.9 Å². The van der Waals surface area contributed by atoms with Gasteiger partial charge < -0.3 is 19.3 Å². The Morgan fingerprint density at radius 1 is 1.37 bits per heavy atom. The smallest absolute Gasteiger partial charge is 0.410 e. The highest BCUT2D eigenvalue weighted by Crippen LogP contribution is 2.41. The molecule has 2 aliphatic rings. The van der Waals surface area contributed by atoms with E-state index in [1.165, 1.54) is 0 Å². The summed E-state index contributed by atoms with van der Waals surface area (Å²) in [5, 5.41) is 1.72. The Balaban J connectivity index is 1.64. The molecule has 2 aliphatic heterocycles. The number of amides is 1. The molecule has 144 valence electrons. The average Bonchev–Trinajstić information content (AvgIpc) is 2.60. The van der Waals surface area contributed by atoms with Gasteiger partial charge >= 0.3 is 6.09 Å². The Kier molecular flexibility index (Phi) is 4.78. The molecule has 0 radical (unpaired) electrons. The predicted octanol–water partition coefficient (Wildman–Crippen LogP) is 4.31. The monoisotopic (exact) mass is 501 g/mol. The van der Waals surface area contributed by atoms with Gasteiger partial charge in [0, 0.05) is 28.6 Å². The summed E-state index contributed by atoms with van der Waals surface area (Å²) in [6.45, 7) is 8.07. The number of hydrogen-bond donors (Lipinski definition) is 0. The number of halogens is 2. The van der Waals surface area contributed by atoms with E-state index in [-0.39, 0.29) is 12.1 Å². The molecule has 4 rings (SSSR count). The molecule has 8 heteroatoms. The van der Waals surface area contributed by atoms with Gasteiger partial charge in [0.2, 0.25) is 0 Å². The van der Waals surface area contributed by atoms with Gasteiger partial charge in [0.1, 0.15) is 12.2 Å². The molecule has 1 fully saturated rings. The fraction of sp³-hybridized carbons (Fsp3) is 0.474. The highest BCUT2D eigenvalue weighted by atomic mass is 127. The highest BCUT2D eigenvalue weighted by molar-refractivity contribution is 14.1. The minimum absolute atomic E-state index is 0.0812. The van der Waals surface area contributed by atoms with E-state index < -0.39 is 5.60 Å². The fourth-order valence-corrected chi connectivity index (χ4v) is 4.15. The average molecular weight is 502 g/mol. The molecule has 1 atom stereocenters. The van der Waals surface area contributed by atoms with Crippen LogP contribution in [0.2, 0.25) is 5.02 Å². The largest absolute Gasteiger partial charge is 0.488 e. The molecule has 1 saturated heterocycles. The molecule has 1 amide bonds. The topological polar surface area (TPSA) is 54.9 Å². The lowest BCUT2D eigenvalue weighted by atomic mass is 10.1. The summed E-state index contributed by atoms with van der Waals surface area (Å²) in [6, 6.07) is 4.02. The van der Waals surface area contributed by atoms with E-state index in [0.717, 1.165) is 32.5 Å². The molecular formula is C19H21ClIN3O3. The number of rotatable bonds is 0. The number of benzene rings is 1. The van der Waals surface area contributed by atoms with Crippen molar-refractivity contribution < 1.29 is 14.3 Å². The van der Waals surface area contributed by atoms with Crippen LogP contribution in [0, 0.1) is 3.57 Å². The predicted molar refractivity (Wildman–Crippen MR) is 114 cm³/mol. The Hall–Kier alpha value is -1.48. The van der Waals surface area contributed by atoms with Crippen molar-refractivity contribution in [3.8, 4) is 5.75 Å². The van der Waals surface area contributed by atoms with Gasteiger partial charge in [0.05, 0.1) is 28.5 Å². The zero-order valence-corrected chi connectivity index (χ0v) is 18.4. The maximum Gasteiger partial charge on any atom is 0.410 e. The van der Waals surface area contributed by atoms with Crippen LogP contribution in [-0.4, -0.2) is 53.9 Å². The first-order valence-electron chi connectivity index (χ1n) is 8.88. The van der Waals surface area contributed by atoms with Gasteiger partial charge in [-0.1, -0.05) is 11.6 Å². The maximum atomic E-state index is 12.4. The second kappa shape index (κ2) is 6.84. The summed E-state index contributed by atoms with van der Waals surface area (Å²) >= 11 is 8.50. The molecule has 0 N–H and O–H groups in total. The third kappa shape index (κ3) is 3.63. The van der Waals surface area contributed by atoms with Crippen molar-refractivity contribution in [3.05, 3.63) is 26.9 Å². The molecule has 1 aromatic heterocycles. The van der Waals surface area contributed by atoms with Gasteiger partial charge in [0.15, 0.2) is 5.75 Å². The van der Waals surface area contributed by atoms with E-state index in [2.05, 4.69) is 38.5 Å². The first kappa shape index (κ1) is 18.9. The summed E-state index contributed by atoms with van der Waals surface area (Å²) in [5.41, 5.74) is 1.38. The van der Waals surface area contributed by atoms with Crippen LogP contribution < -0.4 is 9.64 Å². The minimum atomic E-state index is -0.498. The molecule has 3 heterocycles. The summed E-state index contributed by atoms with van der Waals surface area (Å²) in [7, 11) is 0. The molecule has 0 bridgehead atoms. The fourth-order valence-electron chi connectivity index (χ4n) is 3.53. The Labute approximate surface area is 176 Å². The van der Waals surface area contributed by atoms with Crippen LogP contribution in [0.3, 0.4) is 0 Å². The van der Waals surface area contributed by atoms with Crippen molar-refractivity contribution in [2.75, 3.05) is 31.1 Å². The second-order valence-electron chi connectivity index (χ2n) is 7.84. The number of pyridine rings is 1. The molecule has 0 spiro atoms. The first-order valence-corrected chi connectivity index (χ1v) is 10.3. The van der Waals surface area contributed by atoms with Crippen LogP contribution in [0.15, 0.2) is 18.3 Å². The van der Waals surface area contributed by atoms with Gasteiger partial charge in [-0.15, -0.1) is 0 Å². The number of aromatic nitrogens is 1. The summed E-state index contributed by atoms with van der Waals surface area (Å²) in [6.07, 6.45) is 1.49. The summed E-state index contributed by atoms with van der Waals surface area (Å²) < 4.78 is 12.5. The van der Waals surface area contributed by atoms with E-state index in [9.17, 15) is 4.79 Å². The maximum absolute atomic E-state index is 12.4. The lowest BCUT2D eigenvalue weighted by molar-refractivity contribution is 0.0195. The molecule has 27 heavy (non-hydrogen) atoms. The number of anilines is 1. The third-order valence-electron chi connectivity index (χ3n) is 4.70. The van der Waals surface area contributed by atoms with Crippen LogP contribution in [0.5, 0.6) is 5.75 Å². The van der Waals surface area contributed by atoms with Crippen molar-refractivity contribution in [2.24, 2.45) is 0 Å². The van der Waals surface area contributed by atoms with Gasteiger partial charge in [-0.05, 0) is 55.5 Å². The number of piperazine rings is 1. The number of carbonyl (C=O) groups is 1. The number of nitrogens with zero attached hydrogens (tertiary/aromatic N) is 3. The number of fused-ring (bicyclic) bond motifs is 5. The Bertz CT molecular complexity index is 915. The second-order valence-corrected chi connectivity index (χ2v) is 9.41. The van der Waals surface area contributed by atoms with Gasteiger partial charge in [-0.3, -0.25) is 4.98 Å². The van der Waals surface area contributed by atoms with Crippen LogP contribution in [0.4, 0.5) is 10.5 Å². The van der Waals surface area contributed by atoms with E-state index in [1.54, 1.807) is 11.1 Å². The van der Waals surface area contributed by atoms with Crippen molar-refractivity contribution in [2.45, 2.75) is 32.4 Å². The minimum Gasteiger partial charge on any atom is -0.488 e. The molecule has 0 aliphatic carbocycles. The SMILES string of the molecule is CC(C)(C)OC(=O)N1CCN2c3c(cnc4cc(Cl)c(I)cc34)OC[C@H]2C1. The normalized spacial score (nSPS) is 19.4. The third-order valence-corrected chi connectivity index (χ3v) is 6.22. The van der Waals surface area contributed by atoms with E-state index in [4.69, 9.17) is 21.1 Å². The Morgan fingerprint density at radius 2 is 2.15 bits per heavy atom. The standard InChI is InChI=1S/C19H21ClIN3O3/c1-19(2,3)27-18(25)23-4-5-24-11(9-23)10-26-16-8-22-15-7-13(20)14(21)6-12(15)17(16)24/h6-8,11H,4-5,9-10H2,1-3H3/t11-/m1/s1. The molecule has 2 aromatic rings. The van der Waals surface area contributed by atoms with Gasteiger partial charge in [-0.25, -0.2) is 4.79 Å². The number of hydrogen-bond acceptors (Lipinski definition) is 5. The number of carbonyl (C=O) groups excluding carboxylic acids is 1. The first-order chi connectivity index (χ1) is 12.7. The zero-order valence-electron chi connectivity index (χ0n) is 15.5. The van der Waals surface area contributed by atoms with Gasteiger partial charge in [-0.2, -0.15) is 0 Å². The van der Waals surface area contributed by atoms with Crippen LogP contribution in [0.25, 0.3) is 10.9 Å². The quantitative estimate of drug-likeness (QED) is 0.504. The van der Waals surface area contributed by atoms with Gasteiger partial charge in [0.25, 0.3) is 0 Å². The molecule has 0 unspecified atom stereocenters. The molecular weight excluding hydrogens is 481 g/mol. The van der Waals surface area contributed by atoms with E-state index in [0.29, 0.717) is 24.7 Å². The number of ether oxygens (including phenoxy) is 2. The van der Waals surface area contributed by atoms with Crippen molar-refractivity contribution in [1.82, 2.24) is 9.88 Å². The molecule has 6 nitrogen and oxygen atoms in total. The lowest BCUT2D eigenvalue weighted by Crippen LogP contribution is -2.59. The van der Waals surface area contributed by atoms with Crippen molar-refractivity contribution in [3.63, 3.8) is 0 Å². The van der Waals surface area contributed by atoms with Crippen LogP contribution >= 0.6 is 34.2 Å². The van der Waals surface area contributed by atoms with Crippen molar-refractivity contribution in [1.29, 1.82) is 0 Å². The zero-order chi connectivity index (χ0) is 19.3. The van der Waals surface area contributed by atoms with Crippen LogP contribution in [0.1, 0.15) is 20.8 Å². The van der Waals surface area contributed by atoms with Crippen LogP contribution in [-0.2, 0) is 4.74 Å². The Morgan fingerprint density at radius 3 is 2.89 bits per heavy atom. The van der Waals surface area contributed by atoms with E-state index >= 15 is 0 Å². The summed E-state index contributed by atoms with van der Waals surface area (Å²) in [5.74, 6) is 0.780. The molecule has 1 aromatic carbocycles.